The van der Waals surface area contributed by atoms with E-state index in [0.29, 0.717) is 22.9 Å². The zero-order chi connectivity index (χ0) is 15.9. The van der Waals surface area contributed by atoms with Gasteiger partial charge in [-0.1, -0.05) is 24.3 Å². The first kappa shape index (κ1) is 12.9. The molecule has 0 amide bonds. The number of hydrogen-bond acceptors (Lipinski definition) is 5. The maximum absolute atomic E-state index is 4.63. The molecule has 0 saturated heterocycles. The van der Waals surface area contributed by atoms with Crippen molar-refractivity contribution in [3.63, 3.8) is 0 Å². The summed E-state index contributed by atoms with van der Waals surface area (Å²) in [5.41, 5.74) is 5.38. The van der Waals surface area contributed by atoms with Gasteiger partial charge in [0, 0.05) is 0 Å². The Kier molecular flexibility index (Phi) is 2.66. The predicted octanol–water partition coefficient (Wildman–Crippen LogP) is 2.96. The summed E-state index contributed by atoms with van der Waals surface area (Å²) in [6.45, 7) is 0. The summed E-state index contributed by atoms with van der Waals surface area (Å²) in [5, 5.41) is 11.1. The van der Waals surface area contributed by atoms with Crippen LogP contribution >= 0.6 is 0 Å². The Morgan fingerprint density at radius 3 is 2.33 bits per heavy atom. The Morgan fingerprint density at radius 1 is 0.708 bits per heavy atom. The van der Waals surface area contributed by atoms with Crippen LogP contribution in [-0.2, 0) is 0 Å². The number of aromatic nitrogens is 7. The molecule has 2 aromatic carbocycles. The van der Waals surface area contributed by atoms with Crippen LogP contribution in [0.1, 0.15) is 0 Å². The fourth-order valence-corrected chi connectivity index (χ4v) is 2.71. The molecule has 0 saturated carbocycles. The van der Waals surface area contributed by atoms with E-state index in [1.165, 1.54) is 0 Å². The van der Waals surface area contributed by atoms with E-state index in [1.807, 2.05) is 48.5 Å². The summed E-state index contributed by atoms with van der Waals surface area (Å²) in [6.07, 6.45) is 1.70. The average Bonchev–Trinajstić information content (AvgIpc) is 3.27. The van der Waals surface area contributed by atoms with Gasteiger partial charge < -0.3 is 4.98 Å². The molecule has 0 fully saturated rings. The van der Waals surface area contributed by atoms with Gasteiger partial charge in [-0.2, -0.15) is 15.4 Å². The molecule has 0 spiro atoms. The minimum Gasteiger partial charge on any atom is -0.337 e. The third kappa shape index (κ3) is 1.95. The summed E-state index contributed by atoms with van der Waals surface area (Å²) >= 11 is 0. The Bertz CT molecular complexity index is 1140. The van der Waals surface area contributed by atoms with Crippen LogP contribution in [0.3, 0.4) is 0 Å². The zero-order valence-corrected chi connectivity index (χ0v) is 12.4. The number of rotatable bonds is 2. The van der Waals surface area contributed by atoms with Crippen molar-refractivity contribution in [1.82, 2.24) is 35.3 Å². The second kappa shape index (κ2) is 4.95. The molecule has 24 heavy (non-hydrogen) atoms. The molecule has 7 heteroatoms. The molecule has 2 N–H and O–H groups in total. The minimum absolute atomic E-state index is 0.618. The Hall–Kier alpha value is -3.61. The molecule has 0 aliphatic heterocycles. The molecule has 0 radical (unpaired) electrons. The molecule has 0 atom stereocenters. The molecule has 0 aliphatic carbocycles. The Balaban J connectivity index is 1.68. The summed E-state index contributed by atoms with van der Waals surface area (Å²) in [4.78, 5) is 16.9. The number of benzene rings is 2. The number of H-pyrrole nitrogens is 2. The standard InChI is InChI=1S/C17H11N7/c1-2-6-11-10(5-1)18-9-14(19-11)15-16(23-24-22-15)17-20-12-7-3-4-8-13(12)21-17/h1-9H,(H,20,21)(H,22,23,24). The van der Waals surface area contributed by atoms with Crippen molar-refractivity contribution >= 4 is 22.1 Å². The SMILES string of the molecule is c1ccc2nc(-c3n[nH]nc3-c3nc4ccccc4[nH]3)cnc2c1. The normalized spacial score (nSPS) is 11.3. The molecule has 3 aromatic heterocycles. The van der Waals surface area contributed by atoms with Crippen molar-refractivity contribution in [2.45, 2.75) is 0 Å². The lowest BCUT2D eigenvalue weighted by atomic mass is 10.2. The number of imidazole rings is 1. The number of nitrogens with one attached hydrogen (secondary N) is 2. The largest absolute Gasteiger partial charge is 0.337 e. The van der Waals surface area contributed by atoms with Crippen LogP contribution in [-0.4, -0.2) is 35.3 Å². The van der Waals surface area contributed by atoms with Crippen molar-refractivity contribution in [2.75, 3.05) is 0 Å². The second-order valence-corrected chi connectivity index (χ2v) is 5.37. The van der Waals surface area contributed by atoms with Crippen molar-refractivity contribution in [1.29, 1.82) is 0 Å². The second-order valence-electron chi connectivity index (χ2n) is 5.37. The number of hydrogen-bond donors (Lipinski definition) is 2. The molecule has 3 heterocycles. The maximum Gasteiger partial charge on any atom is 0.161 e. The number of nitrogens with zero attached hydrogens (tertiary/aromatic N) is 5. The first-order valence-corrected chi connectivity index (χ1v) is 7.46. The molecular formula is C17H11N7. The van der Waals surface area contributed by atoms with Gasteiger partial charge in [0.1, 0.15) is 11.4 Å². The van der Waals surface area contributed by atoms with E-state index >= 15 is 0 Å². The van der Waals surface area contributed by atoms with Crippen LogP contribution in [0.2, 0.25) is 0 Å². The van der Waals surface area contributed by atoms with Crippen molar-refractivity contribution in [3.8, 4) is 22.9 Å². The van der Waals surface area contributed by atoms with Gasteiger partial charge in [0.15, 0.2) is 11.5 Å². The van der Waals surface area contributed by atoms with Crippen LogP contribution in [0, 0.1) is 0 Å². The van der Waals surface area contributed by atoms with Gasteiger partial charge in [0.05, 0.1) is 28.3 Å². The van der Waals surface area contributed by atoms with Gasteiger partial charge in [-0.15, -0.1) is 0 Å². The first-order valence-electron chi connectivity index (χ1n) is 7.46. The van der Waals surface area contributed by atoms with Gasteiger partial charge in [-0.3, -0.25) is 4.98 Å². The summed E-state index contributed by atoms with van der Waals surface area (Å²) in [7, 11) is 0. The molecule has 7 nitrogen and oxygen atoms in total. The number of para-hydroxylation sites is 4. The van der Waals surface area contributed by atoms with Crippen LogP contribution in [0.5, 0.6) is 0 Å². The van der Waals surface area contributed by atoms with E-state index in [0.717, 1.165) is 22.1 Å². The van der Waals surface area contributed by atoms with Crippen molar-refractivity contribution in [2.24, 2.45) is 0 Å². The lowest BCUT2D eigenvalue weighted by molar-refractivity contribution is 0.940. The monoisotopic (exact) mass is 313 g/mol. The molecule has 0 aliphatic rings. The quantitative estimate of drug-likeness (QED) is 0.522. The zero-order valence-electron chi connectivity index (χ0n) is 12.4. The van der Waals surface area contributed by atoms with Gasteiger partial charge in [-0.05, 0) is 24.3 Å². The summed E-state index contributed by atoms with van der Waals surface area (Å²) < 4.78 is 0. The summed E-state index contributed by atoms with van der Waals surface area (Å²) in [5.74, 6) is 0.648. The first-order chi connectivity index (χ1) is 11.9. The van der Waals surface area contributed by atoms with Gasteiger partial charge >= 0.3 is 0 Å². The molecule has 5 rings (SSSR count). The van der Waals surface area contributed by atoms with E-state index in [1.54, 1.807) is 6.20 Å². The van der Waals surface area contributed by atoms with Crippen LogP contribution in [0.4, 0.5) is 0 Å². The lowest BCUT2D eigenvalue weighted by Gasteiger charge is -2.00. The lowest BCUT2D eigenvalue weighted by Crippen LogP contribution is -1.91. The van der Waals surface area contributed by atoms with Crippen LogP contribution in [0.15, 0.2) is 54.7 Å². The molecule has 0 unspecified atom stereocenters. The van der Waals surface area contributed by atoms with E-state index in [-0.39, 0.29) is 0 Å². The number of aromatic amines is 2. The van der Waals surface area contributed by atoms with Crippen LogP contribution in [0.25, 0.3) is 45.0 Å². The van der Waals surface area contributed by atoms with Crippen molar-refractivity contribution < 1.29 is 0 Å². The highest BCUT2D eigenvalue weighted by Crippen LogP contribution is 2.27. The van der Waals surface area contributed by atoms with E-state index in [2.05, 4.69) is 35.3 Å². The molecule has 114 valence electrons. The van der Waals surface area contributed by atoms with Crippen LogP contribution < -0.4 is 0 Å². The fourth-order valence-electron chi connectivity index (χ4n) is 2.71. The molecule has 0 bridgehead atoms. The maximum atomic E-state index is 4.63. The highest BCUT2D eigenvalue weighted by atomic mass is 15.3. The minimum atomic E-state index is 0.618. The van der Waals surface area contributed by atoms with Gasteiger partial charge in [-0.25, -0.2) is 9.97 Å². The molecular weight excluding hydrogens is 302 g/mol. The van der Waals surface area contributed by atoms with Crippen molar-refractivity contribution in [3.05, 3.63) is 54.7 Å². The molecule has 5 aromatic rings. The van der Waals surface area contributed by atoms with E-state index < -0.39 is 0 Å². The summed E-state index contributed by atoms with van der Waals surface area (Å²) in [6, 6.07) is 15.6. The third-order valence-electron chi connectivity index (χ3n) is 3.85. The third-order valence-corrected chi connectivity index (χ3v) is 3.85. The smallest absolute Gasteiger partial charge is 0.161 e. The number of fused-ring (bicyclic) bond motifs is 2. The Labute approximate surface area is 135 Å². The average molecular weight is 313 g/mol. The Morgan fingerprint density at radius 2 is 1.46 bits per heavy atom. The highest BCUT2D eigenvalue weighted by Gasteiger charge is 2.17. The van der Waals surface area contributed by atoms with Gasteiger partial charge in [0.2, 0.25) is 0 Å². The topological polar surface area (TPSA) is 96.0 Å². The fraction of sp³-hybridized carbons (Fsp3) is 0. The van der Waals surface area contributed by atoms with Gasteiger partial charge in [0.25, 0.3) is 0 Å². The predicted molar refractivity (Wildman–Crippen MR) is 90.0 cm³/mol. The highest BCUT2D eigenvalue weighted by molar-refractivity contribution is 5.83. The van der Waals surface area contributed by atoms with E-state index in [9.17, 15) is 0 Å². The van der Waals surface area contributed by atoms with E-state index in [4.69, 9.17) is 0 Å².